The lowest BCUT2D eigenvalue weighted by Crippen LogP contribution is -2.76. The third kappa shape index (κ3) is 6.31. The molecule has 0 aliphatic carbocycles. The number of nitrogens with one attached hydrogen (secondary N) is 1. The molecule has 0 radical (unpaired) electrons. The van der Waals surface area contributed by atoms with Crippen molar-refractivity contribution in [2.75, 3.05) is 19.6 Å². The number of carbonyl (C=O) groups excluding carboxylic acids is 3. The Kier molecular flexibility index (Phi) is 8.88. The zero-order valence-electron chi connectivity index (χ0n) is 23.9. The SMILES string of the molecule is C=CCN1CC(=O)N2[C@@H](Cc3ccc(O)cc3)C(=O)N(Cc3ccc(CC)cc3)C[C@@H]2N1C(=O)NCc1ccccc1. The van der Waals surface area contributed by atoms with E-state index in [9.17, 15) is 19.5 Å². The van der Waals surface area contributed by atoms with E-state index in [4.69, 9.17) is 0 Å². The minimum absolute atomic E-state index is 0.0564. The topological polar surface area (TPSA) is 96.4 Å². The summed E-state index contributed by atoms with van der Waals surface area (Å²) >= 11 is 0. The normalized spacial score (nSPS) is 19.0. The lowest BCUT2D eigenvalue weighted by molar-refractivity contribution is -0.189. The first kappa shape index (κ1) is 28.9. The second-order valence-electron chi connectivity index (χ2n) is 10.7. The number of phenols is 1. The maximum Gasteiger partial charge on any atom is 0.334 e. The summed E-state index contributed by atoms with van der Waals surface area (Å²) in [6.07, 6.45) is 2.13. The summed E-state index contributed by atoms with van der Waals surface area (Å²) in [5.41, 5.74) is 3.94. The quantitative estimate of drug-likeness (QED) is 0.385. The number of benzene rings is 3. The summed E-state index contributed by atoms with van der Waals surface area (Å²) in [6, 6.07) is 23.3. The molecule has 2 fully saturated rings. The largest absolute Gasteiger partial charge is 0.508 e. The zero-order chi connectivity index (χ0) is 29.6. The maximum absolute atomic E-state index is 14.1. The van der Waals surface area contributed by atoms with E-state index in [1.165, 1.54) is 5.56 Å². The van der Waals surface area contributed by atoms with Crippen molar-refractivity contribution in [2.45, 2.75) is 45.1 Å². The van der Waals surface area contributed by atoms with E-state index in [2.05, 4.69) is 31.0 Å². The number of hydrogen-bond acceptors (Lipinski definition) is 5. The highest BCUT2D eigenvalue weighted by Gasteiger charge is 2.51. The van der Waals surface area contributed by atoms with Crippen LogP contribution in [0.5, 0.6) is 5.75 Å². The molecule has 0 aromatic heterocycles. The highest BCUT2D eigenvalue weighted by molar-refractivity contribution is 5.91. The molecule has 2 saturated heterocycles. The summed E-state index contributed by atoms with van der Waals surface area (Å²) in [4.78, 5) is 44.9. The number of aromatic hydroxyl groups is 1. The lowest BCUT2D eigenvalue weighted by atomic mass is 9.98. The molecule has 2 heterocycles. The number of urea groups is 1. The van der Waals surface area contributed by atoms with E-state index in [0.29, 0.717) is 19.6 Å². The molecular weight excluding hydrogens is 530 g/mol. The van der Waals surface area contributed by atoms with Crippen LogP contribution in [0.1, 0.15) is 29.2 Å². The van der Waals surface area contributed by atoms with Gasteiger partial charge in [-0.15, -0.1) is 6.58 Å². The molecule has 3 aromatic carbocycles. The summed E-state index contributed by atoms with van der Waals surface area (Å²) in [5, 5.41) is 16.1. The Bertz CT molecular complexity index is 1410. The summed E-state index contributed by atoms with van der Waals surface area (Å²) in [5.74, 6) is -0.272. The molecule has 9 nitrogen and oxygen atoms in total. The van der Waals surface area contributed by atoms with E-state index < -0.39 is 12.2 Å². The predicted molar refractivity (Wildman–Crippen MR) is 160 cm³/mol. The number of nitrogens with zero attached hydrogens (tertiary/aromatic N) is 4. The summed E-state index contributed by atoms with van der Waals surface area (Å²) in [6.45, 7) is 7.01. The van der Waals surface area contributed by atoms with Gasteiger partial charge in [0.05, 0.1) is 13.1 Å². The molecule has 3 aromatic rings. The fourth-order valence-corrected chi connectivity index (χ4v) is 5.65. The average molecular weight is 568 g/mol. The van der Waals surface area contributed by atoms with E-state index in [1.807, 2.05) is 42.5 Å². The van der Waals surface area contributed by atoms with Gasteiger partial charge in [0.1, 0.15) is 18.0 Å². The Hall–Kier alpha value is -4.63. The van der Waals surface area contributed by atoms with Gasteiger partial charge in [0, 0.05) is 26.1 Å². The Morgan fingerprint density at radius 3 is 2.29 bits per heavy atom. The smallest absolute Gasteiger partial charge is 0.334 e. The average Bonchev–Trinajstić information content (AvgIpc) is 3.00. The van der Waals surface area contributed by atoms with Gasteiger partial charge in [-0.1, -0.05) is 79.7 Å². The molecule has 2 N–H and O–H groups in total. The van der Waals surface area contributed by atoms with Crippen molar-refractivity contribution in [3.05, 3.63) is 114 Å². The number of fused-ring (bicyclic) bond motifs is 1. The Morgan fingerprint density at radius 2 is 1.62 bits per heavy atom. The number of carbonyl (C=O) groups is 3. The first-order valence-electron chi connectivity index (χ1n) is 14.3. The van der Waals surface area contributed by atoms with E-state index in [1.54, 1.807) is 50.2 Å². The molecule has 42 heavy (non-hydrogen) atoms. The van der Waals surface area contributed by atoms with Gasteiger partial charge >= 0.3 is 6.03 Å². The molecule has 0 saturated carbocycles. The maximum atomic E-state index is 14.1. The number of hydrazine groups is 1. The minimum atomic E-state index is -0.814. The summed E-state index contributed by atoms with van der Waals surface area (Å²) < 4.78 is 0. The molecule has 2 aliphatic heterocycles. The van der Waals surface area contributed by atoms with Gasteiger partial charge in [0.2, 0.25) is 11.8 Å². The van der Waals surface area contributed by atoms with Crippen molar-refractivity contribution < 1.29 is 19.5 Å². The second kappa shape index (κ2) is 12.9. The molecule has 2 atom stereocenters. The number of phenolic OH excluding ortho intramolecular Hbond substituents is 1. The molecule has 0 spiro atoms. The molecule has 0 bridgehead atoms. The highest BCUT2D eigenvalue weighted by atomic mass is 16.3. The fraction of sp³-hybridized carbons (Fsp3) is 0.303. The van der Waals surface area contributed by atoms with Crippen molar-refractivity contribution in [3.8, 4) is 5.75 Å². The minimum Gasteiger partial charge on any atom is -0.508 e. The van der Waals surface area contributed by atoms with Gasteiger partial charge in [-0.05, 0) is 40.8 Å². The van der Waals surface area contributed by atoms with Crippen LogP contribution in [0.3, 0.4) is 0 Å². The molecule has 4 amide bonds. The number of amides is 4. The van der Waals surface area contributed by atoms with Crippen LogP contribution in [0.4, 0.5) is 4.79 Å². The number of piperazine rings is 1. The van der Waals surface area contributed by atoms with Gasteiger partial charge < -0.3 is 20.2 Å². The standard InChI is InChI=1S/C33H37N5O4/c1-3-18-36-23-31(40)37-29(19-25-14-16-28(39)17-15-25)32(41)35(21-27-12-10-24(4-2)11-13-27)22-30(37)38(36)33(42)34-20-26-8-6-5-7-9-26/h3,5-17,29-30,39H,1,4,18-23H2,2H3,(H,34,42)/t29-,30-/m0/s1. The number of rotatable bonds is 9. The van der Waals surface area contributed by atoms with Crippen LogP contribution < -0.4 is 5.32 Å². The number of aryl methyl sites for hydroxylation is 1. The lowest BCUT2D eigenvalue weighted by Gasteiger charge is -2.55. The zero-order valence-corrected chi connectivity index (χ0v) is 23.9. The van der Waals surface area contributed by atoms with Crippen LogP contribution in [-0.4, -0.2) is 74.6 Å². The molecular formula is C33H37N5O4. The Morgan fingerprint density at radius 1 is 0.952 bits per heavy atom. The fourth-order valence-electron chi connectivity index (χ4n) is 5.65. The van der Waals surface area contributed by atoms with Gasteiger partial charge in [-0.25, -0.2) is 14.8 Å². The third-order valence-electron chi connectivity index (χ3n) is 7.83. The van der Waals surface area contributed by atoms with Crippen LogP contribution in [0.2, 0.25) is 0 Å². The van der Waals surface area contributed by atoms with Crippen molar-refractivity contribution in [1.82, 2.24) is 25.1 Å². The van der Waals surface area contributed by atoms with Gasteiger partial charge in [0.15, 0.2) is 0 Å². The van der Waals surface area contributed by atoms with Gasteiger partial charge in [0.25, 0.3) is 0 Å². The first-order chi connectivity index (χ1) is 20.4. The predicted octanol–water partition coefficient (Wildman–Crippen LogP) is 3.69. The molecule has 5 rings (SSSR count). The Labute approximate surface area is 246 Å². The van der Waals surface area contributed by atoms with Gasteiger partial charge in [-0.2, -0.15) is 0 Å². The molecule has 9 heteroatoms. The summed E-state index contributed by atoms with van der Waals surface area (Å²) in [7, 11) is 0. The molecule has 0 unspecified atom stereocenters. The second-order valence-corrected chi connectivity index (χ2v) is 10.7. The van der Waals surface area contributed by atoms with Crippen molar-refractivity contribution in [1.29, 1.82) is 0 Å². The van der Waals surface area contributed by atoms with Crippen molar-refractivity contribution in [3.63, 3.8) is 0 Å². The molecule has 2 aliphatic rings. The molecule has 218 valence electrons. The third-order valence-corrected chi connectivity index (χ3v) is 7.83. The van der Waals surface area contributed by atoms with Crippen LogP contribution in [0.25, 0.3) is 0 Å². The van der Waals surface area contributed by atoms with Crippen LogP contribution in [-0.2, 0) is 35.5 Å². The first-order valence-corrected chi connectivity index (χ1v) is 14.3. The highest BCUT2D eigenvalue weighted by Crippen LogP contribution is 2.29. The monoisotopic (exact) mass is 567 g/mol. The van der Waals surface area contributed by atoms with Crippen molar-refractivity contribution in [2.24, 2.45) is 0 Å². The number of hydrogen-bond donors (Lipinski definition) is 2. The van der Waals surface area contributed by atoms with Crippen LogP contribution in [0, 0.1) is 0 Å². The van der Waals surface area contributed by atoms with E-state index >= 15 is 0 Å². The van der Waals surface area contributed by atoms with E-state index in [0.717, 1.165) is 23.1 Å². The van der Waals surface area contributed by atoms with Crippen LogP contribution in [0.15, 0.2) is 91.5 Å². The van der Waals surface area contributed by atoms with Crippen molar-refractivity contribution >= 4 is 17.8 Å². The van der Waals surface area contributed by atoms with Gasteiger partial charge in [-0.3, -0.25) is 9.59 Å². The van der Waals surface area contributed by atoms with Crippen LogP contribution >= 0.6 is 0 Å². The Balaban J connectivity index is 1.48. The van der Waals surface area contributed by atoms with E-state index in [-0.39, 0.29) is 43.1 Å².